The summed E-state index contributed by atoms with van der Waals surface area (Å²) in [6.45, 7) is 4.03. The van der Waals surface area contributed by atoms with E-state index in [2.05, 4.69) is 5.10 Å². The standard InChI is InChI=1S/C19H21N3O5/c1-12(2)10-22-18(25)14-7-4-3-6-13(14)17(20-22)19(26)27-11-16(24)21-9-5-8-15(21)23/h3-4,6-7,12H,5,8-11H2,1-2H3. The molecule has 1 saturated heterocycles. The molecule has 0 saturated carbocycles. The van der Waals surface area contributed by atoms with Crippen molar-refractivity contribution >= 4 is 28.6 Å². The fourth-order valence-corrected chi connectivity index (χ4v) is 3.04. The van der Waals surface area contributed by atoms with Crippen LogP contribution in [0.4, 0.5) is 0 Å². The second kappa shape index (κ2) is 7.69. The van der Waals surface area contributed by atoms with Crippen molar-refractivity contribution in [2.75, 3.05) is 13.2 Å². The van der Waals surface area contributed by atoms with Crippen LogP contribution in [0.2, 0.25) is 0 Å². The third-order valence-corrected chi connectivity index (χ3v) is 4.30. The Labute approximate surface area is 155 Å². The Hall–Kier alpha value is -3.03. The first-order chi connectivity index (χ1) is 12.9. The van der Waals surface area contributed by atoms with Crippen LogP contribution in [-0.4, -0.2) is 45.6 Å². The van der Waals surface area contributed by atoms with Crippen molar-refractivity contribution in [3.63, 3.8) is 0 Å². The molecule has 2 aromatic rings. The van der Waals surface area contributed by atoms with E-state index >= 15 is 0 Å². The molecule has 1 aromatic carbocycles. The Morgan fingerprint density at radius 3 is 2.52 bits per heavy atom. The van der Waals surface area contributed by atoms with Gasteiger partial charge in [-0.05, 0) is 18.4 Å². The van der Waals surface area contributed by atoms with Crippen molar-refractivity contribution in [1.82, 2.24) is 14.7 Å². The van der Waals surface area contributed by atoms with Crippen LogP contribution in [0.1, 0.15) is 37.2 Å². The van der Waals surface area contributed by atoms with E-state index in [1.54, 1.807) is 24.3 Å². The largest absolute Gasteiger partial charge is 0.451 e. The minimum absolute atomic E-state index is 0.0219. The molecule has 0 bridgehead atoms. The lowest BCUT2D eigenvalue weighted by atomic mass is 10.1. The normalized spacial score (nSPS) is 14.2. The minimum atomic E-state index is -0.802. The predicted octanol–water partition coefficient (Wildman–Crippen LogP) is 1.36. The fraction of sp³-hybridized carbons (Fsp3) is 0.421. The van der Waals surface area contributed by atoms with Gasteiger partial charge in [0.1, 0.15) is 0 Å². The van der Waals surface area contributed by atoms with Crippen LogP contribution in [0.25, 0.3) is 10.8 Å². The molecule has 0 atom stereocenters. The fourth-order valence-electron chi connectivity index (χ4n) is 3.04. The van der Waals surface area contributed by atoms with E-state index in [1.807, 2.05) is 13.8 Å². The summed E-state index contributed by atoms with van der Waals surface area (Å²) < 4.78 is 6.34. The van der Waals surface area contributed by atoms with Crippen molar-refractivity contribution in [3.8, 4) is 0 Å². The number of ether oxygens (including phenoxy) is 1. The number of likely N-dealkylation sites (tertiary alicyclic amines) is 1. The topological polar surface area (TPSA) is 98.6 Å². The zero-order chi connectivity index (χ0) is 19.6. The zero-order valence-electron chi connectivity index (χ0n) is 15.3. The molecule has 1 fully saturated rings. The Balaban J connectivity index is 1.87. The van der Waals surface area contributed by atoms with Crippen molar-refractivity contribution in [3.05, 3.63) is 40.3 Å². The number of aromatic nitrogens is 2. The van der Waals surface area contributed by atoms with Crippen molar-refractivity contribution < 1.29 is 19.1 Å². The van der Waals surface area contributed by atoms with Gasteiger partial charge < -0.3 is 4.74 Å². The number of nitrogens with zero attached hydrogens (tertiary/aromatic N) is 3. The number of fused-ring (bicyclic) bond motifs is 1. The smallest absolute Gasteiger partial charge is 0.359 e. The number of carbonyl (C=O) groups excluding carboxylic acids is 3. The van der Waals surface area contributed by atoms with E-state index in [0.29, 0.717) is 36.7 Å². The third kappa shape index (κ3) is 3.89. The molecule has 1 aliphatic rings. The lowest BCUT2D eigenvalue weighted by Crippen LogP contribution is -2.35. The van der Waals surface area contributed by atoms with Crippen LogP contribution >= 0.6 is 0 Å². The molecule has 8 heteroatoms. The van der Waals surface area contributed by atoms with Crippen LogP contribution in [0, 0.1) is 5.92 Å². The maximum Gasteiger partial charge on any atom is 0.359 e. The molecule has 0 spiro atoms. The first-order valence-corrected chi connectivity index (χ1v) is 8.88. The number of hydrogen-bond donors (Lipinski definition) is 0. The maximum atomic E-state index is 12.6. The Bertz CT molecular complexity index is 963. The summed E-state index contributed by atoms with van der Waals surface area (Å²) in [6, 6.07) is 6.65. The van der Waals surface area contributed by atoms with Crippen LogP contribution in [0.3, 0.4) is 0 Å². The van der Waals surface area contributed by atoms with Crippen molar-refractivity contribution in [2.45, 2.75) is 33.2 Å². The van der Waals surface area contributed by atoms with Gasteiger partial charge in [0.05, 0.1) is 5.39 Å². The highest BCUT2D eigenvalue weighted by Gasteiger charge is 2.27. The van der Waals surface area contributed by atoms with Crippen molar-refractivity contribution in [2.24, 2.45) is 5.92 Å². The van der Waals surface area contributed by atoms with Crippen LogP contribution in [0.5, 0.6) is 0 Å². The van der Waals surface area contributed by atoms with Gasteiger partial charge in [-0.2, -0.15) is 5.10 Å². The average molecular weight is 371 g/mol. The molecule has 1 aromatic heterocycles. The number of carbonyl (C=O) groups is 3. The molecule has 2 amide bonds. The van der Waals surface area contributed by atoms with E-state index in [0.717, 1.165) is 4.90 Å². The molecular formula is C19H21N3O5. The number of imide groups is 1. The Morgan fingerprint density at radius 2 is 1.89 bits per heavy atom. The van der Waals surface area contributed by atoms with E-state index in [1.165, 1.54) is 4.68 Å². The molecule has 3 rings (SSSR count). The van der Waals surface area contributed by atoms with Gasteiger partial charge in [-0.15, -0.1) is 0 Å². The summed E-state index contributed by atoms with van der Waals surface area (Å²) in [5, 5.41) is 4.90. The third-order valence-electron chi connectivity index (χ3n) is 4.30. The summed E-state index contributed by atoms with van der Waals surface area (Å²) in [5.41, 5.74) is -0.305. The molecule has 1 aliphatic heterocycles. The maximum absolute atomic E-state index is 12.6. The van der Waals surface area contributed by atoms with Gasteiger partial charge in [0.25, 0.3) is 11.5 Å². The molecule has 0 aliphatic carbocycles. The molecule has 142 valence electrons. The van der Waals surface area contributed by atoms with Gasteiger partial charge >= 0.3 is 5.97 Å². The summed E-state index contributed by atoms with van der Waals surface area (Å²) >= 11 is 0. The number of esters is 1. The van der Waals surface area contributed by atoms with E-state index < -0.39 is 18.5 Å². The number of benzene rings is 1. The lowest BCUT2D eigenvalue weighted by molar-refractivity contribution is -0.143. The highest BCUT2D eigenvalue weighted by Crippen LogP contribution is 2.15. The summed E-state index contributed by atoms with van der Waals surface area (Å²) in [5.74, 6) is -1.46. The first kappa shape index (κ1) is 18.8. The Morgan fingerprint density at radius 1 is 1.19 bits per heavy atom. The summed E-state index contributed by atoms with van der Waals surface area (Å²) in [4.78, 5) is 49.9. The van der Waals surface area contributed by atoms with Crippen molar-refractivity contribution in [1.29, 1.82) is 0 Å². The zero-order valence-corrected chi connectivity index (χ0v) is 15.3. The number of amides is 2. The van der Waals surface area contributed by atoms with Gasteiger partial charge in [0.2, 0.25) is 5.91 Å². The molecule has 8 nitrogen and oxygen atoms in total. The van der Waals surface area contributed by atoms with E-state index in [4.69, 9.17) is 4.74 Å². The molecule has 27 heavy (non-hydrogen) atoms. The summed E-state index contributed by atoms with van der Waals surface area (Å²) in [7, 11) is 0. The molecule has 0 radical (unpaired) electrons. The van der Waals surface area contributed by atoms with E-state index in [-0.39, 0.29) is 23.1 Å². The molecule has 0 N–H and O–H groups in total. The highest BCUT2D eigenvalue weighted by molar-refractivity contribution is 6.03. The summed E-state index contributed by atoms with van der Waals surface area (Å²) in [6.07, 6.45) is 0.941. The van der Waals surface area contributed by atoms with Crippen LogP contribution in [-0.2, 0) is 20.9 Å². The van der Waals surface area contributed by atoms with E-state index in [9.17, 15) is 19.2 Å². The van der Waals surface area contributed by atoms with Gasteiger partial charge in [-0.25, -0.2) is 9.48 Å². The number of rotatable bonds is 5. The van der Waals surface area contributed by atoms with Crippen LogP contribution in [0.15, 0.2) is 29.1 Å². The van der Waals surface area contributed by atoms with Gasteiger partial charge in [-0.3, -0.25) is 19.3 Å². The SMILES string of the molecule is CC(C)Cn1nc(C(=O)OCC(=O)N2CCCC2=O)c2ccccc2c1=O. The predicted molar refractivity (Wildman–Crippen MR) is 97.1 cm³/mol. The van der Waals surface area contributed by atoms with Gasteiger partial charge in [-0.1, -0.05) is 32.0 Å². The van der Waals surface area contributed by atoms with Gasteiger partial charge in [0, 0.05) is 24.9 Å². The molecule has 2 heterocycles. The second-order valence-corrected chi connectivity index (χ2v) is 6.89. The highest BCUT2D eigenvalue weighted by atomic mass is 16.5. The lowest BCUT2D eigenvalue weighted by Gasteiger charge is -2.14. The first-order valence-electron chi connectivity index (χ1n) is 8.88. The number of hydrogen-bond acceptors (Lipinski definition) is 6. The van der Waals surface area contributed by atoms with Crippen LogP contribution < -0.4 is 5.56 Å². The quantitative estimate of drug-likeness (QED) is 0.736. The molecule has 0 unspecified atom stereocenters. The average Bonchev–Trinajstić information content (AvgIpc) is 3.07. The minimum Gasteiger partial charge on any atom is -0.451 e. The Kier molecular flexibility index (Phi) is 5.34. The second-order valence-electron chi connectivity index (χ2n) is 6.89. The monoisotopic (exact) mass is 371 g/mol. The molecular weight excluding hydrogens is 350 g/mol. The van der Waals surface area contributed by atoms with Gasteiger partial charge in [0.15, 0.2) is 12.3 Å².